The van der Waals surface area contributed by atoms with Crippen molar-refractivity contribution in [1.82, 2.24) is 0 Å². The van der Waals surface area contributed by atoms with E-state index in [0.717, 1.165) is 12.1 Å². The molecule has 0 aliphatic rings. The van der Waals surface area contributed by atoms with Crippen LogP contribution < -0.4 is 0 Å². The second-order valence-corrected chi connectivity index (χ2v) is 5.57. The molecule has 2 aromatic rings. The van der Waals surface area contributed by atoms with Crippen LogP contribution in [0.3, 0.4) is 0 Å². The largest absolute Gasteiger partial charge is 0.508 e. The third-order valence-corrected chi connectivity index (χ3v) is 4.20. The SMILES string of the molecule is O=S(=O)(c1ccc(O)cc1)c1ccc(O)cc1O. The van der Waals surface area contributed by atoms with Gasteiger partial charge in [-0.25, -0.2) is 8.42 Å². The van der Waals surface area contributed by atoms with E-state index in [1.165, 1.54) is 30.3 Å². The predicted molar refractivity (Wildman–Crippen MR) is 63.3 cm³/mol. The highest BCUT2D eigenvalue weighted by Gasteiger charge is 2.21. The molecule has 2 aromatic carbocycles. The molecule has 5 nitrogen and oxygen atoms in total. The Balaban J connectivity index is 2.58. The Morgan fingerprint density at radius 1 is 0.778 bits per heavy atom. The summed E-state index contributed by atoms with van der Waals surface area (Å²) < 4.78 is 24.3. The lowest BCUT2D eigenvalue weighted by atomic mass is 10.3. The molecule has 2 rings (SSSR count). The van der Waals surface area contributed by atoms with Crippen LogP contribution >= 0.6 is 0 Å². The van der Waals surface area contributed by atoms with Gasteiger partial charge in [0.05, 0.1) is 4.90 Å². The van der Waals surface area contributed by atoms with Crippen molar-refractivity contribution in [3.05, 3.63) is 42.5 Å². The second-order valence-electron chi connectivity index (χ2n) is 3.65. The zero-order valence-electron chi connectivity index (χ0n) is 9.11. The molecule has 0 radical (unpaired) electrons. The number of phenolic OH excluding ortho intramolecular Hbond substituents is 3. The Bertz CT molecular complexity index is 674. The van der Waals surface area contributed by atoms with Crippen LogP contribution in [0.1, 0.15) is 0 Å². The monoisotopic (exact) mass is 266 g/mol. The van der Waals surface area contributed by atoms with Gasteiger partial charge in [0.2, 0.25) is 9.84 Å². The van der Waals surface area contributed by atoms with Crippen LogP contribution in [0.5, 0.6) is 17.2 Å². The first-order valence-electron chi connectivity index (χ1n) is 4.97. The molecule has 0 fully saturated rings. The van der Waals surface area contributed by atoms with Crippen LogP contribution in [0.2, 0.25) is 0 Å². The molecule has 18 heavy (non-hydrogen) atoms. The predicted octanol–water partition coefficient (Wildman–Crippen LogP) is 1.64. The van der Waals surface area contributed by atoms with Crippen molar-refractivity contribution in [2.75, 3.05) is 0 Å². The summed E-state index contributed by atoms with van der Waals surface area (Å²) in [5.41, 5.74) is 0. The Hall–Kier alpha value is -2.21. The van der Waals surface area contributed by atoms with Crippen molar-refractivity contribution in [2.24, 2.45) is 0 Å². The molecule has 0 spiro atoms. The first-order valence-corrected chi connectivity index (χ1v) is 6.45. The van der Waals surface area contributed by atoms with Crippen LogP contribution in [0.4, 0.5) is 0 Å². The number of aromatic hydroxyl groups is 3. The average Bonchev–Trinajstić information content (AvgIpc) is 2.29. The molecule has 0 atom stereocenters. The van der Waals surface area contributed by atoms with Crippen molar-refractivity contribution >= 4 is 9.84 Å². The van der Waals surface area contributed by atoms with E-state index in [-0.39, 0.29) is 21.3 Å². The highest BCUT2D eigenvalue weighted by atomic mass is 32.2. The van der Waals surface area contributed by atoms with Gasteiger partial charge in [0.15, 0.2) is 0 Å². The lowest BCUT2D eigenvalue weighted by Gasteiger charge is -2.07. The smallest absolute Gasteiger partial charge is 0.210 e. The van der Waals surface area contributed by atoms with Gasteiger partial charge in [0, 0.05) is 6.07 Å². The average molecular weight is 266 g/mol. The Labute approximate surface area is 103 Å². The molecule has 94 valence electrons. The first-order chi connectivity index (χ1) is 8.41. The maximum Gasteiger partial charge on any atom is 0.210 e. The normalized spacial score (nSPS) is 11.3. The molecule has 0 saturated carbocycles. The highest BCUT2D eigenvalue weighted by Crippen LogP contribution is 2.31. The maximum atomic E-state index is 12.2. The van der Waals surface area contributed by atoms with Crippen LogP contribution in [0.25, 0.3) is 0 Å². The molecule has 6 heteroatoms. The number of hydrogen-bond donors (Lipinski definition) is 3. The number of rotatable bonds is 2. The van der Waals surface area contributed by atoms with Crippen molar-refractivity contribution < 1.29 is 23.7 Å². The molecule has 0 saturated heterocycles. The van der Waals surface area contributed by atoms with E-state index in [0.29, 0.717) is 0 Å². The minimum absolute atomic E-state index is 0.0520. The summed E-state index contributed by atoms with van der Waals surface area (Å²) in [7, 11) is -3.88. The third-order valence-electron chi connectivity index (χ3n) is 2.38. The van der Waals surface area contributed by atoms with E-state index in [9.17, 15) is 13.5 Å². The van der Waals surface area contributed by atoms with E-state index in [2.05, 4.69) is 0 Å². The molecule has 3 N–H and O–H groups in total. The van der Waals surface area contributed by atoms with Gasteiger partial charge in [-0.1, -0.05) is 0 Å². The fourth-order valence-corrected chi connectivity index (χ4v) is 2.82. The van der Waals surface area contributed by atoms with Gasteiger partial charge >= 0.3 is 0 Å². The van der Waals surface area contributed by atoms with Crippen molar-refractivity contribution in [3.8, 4) is 17.2 Å². The summed E-state index contributed by atoms with van der Waals surface area (Å²) >= 11 is 0. The van der Waals surface area contributed by atoms with E-state index >= 15 is 0 Å². The van der Waals surface area contributed by atoms with Crippen molar-refractivity contribution in [2.45, 2.75) is 9.79 Å². The van der Waals surface area contributed by atoms with Crippen molar-refractivity contribution in [1.29, 1.82) is 0 Å². The summed E-state index contributed by atoms with van der Waals surface area (Å²) in [6.45, 7) is 0. The lowest BCUT2D eigenvalue weighted by Crippen LogP contribution is -2.01. The van der Waals surface area contributed by atoms with Crippen LogP contribution in [-0.4, -0.2) is 23.7 Å². The zero-order valence-corrected chi connectivity index (χ0v) is 9.92. The summed E-state index contributed by atoms with van der Waals surface area (Å²) in [6.07, 6.45) is 0. The molecule has 0 amide bonds. The van der Waals surface area contributed by atoms with Crippen LogP contribution in [-0.2, 0) is 9.84 Å². The van der Waals surface area contributed by atoms with Crippen LogP contribution in [0.15, 0.2) is 52.3 Å². The van der Waals surface area contributed by atoms with E-state index in [1.807, 2.05) is 0 Å². The fraction of sp³-hybridized carbons (Fsp3) is 0. The highest BCUT2D eigenvalue weighted by molar-refractivity contribution is 7.91. The van der Waals surface area contributed by atoms with Gasteiger partial charge in [-0.15, -0.1) is 0 Å². The number of phenols is 3. The summed E-state index contributed by atoms with van der Waals surface area (Å²) in [5.74, 6) is -0.802. The Kier molecular flexibility index (Phi) is 2.88. The third kappa shape index (κ3) is 2.10. The molecule has 0 unspecified atom stereocenters. The minimum atomic E-state index is -3.88. The molecule has 0 aromatic heterocycles. The van der Waals surface area contributed by atoms with E-state index in [4.69, 9.17) is 10.2 Å². The van der Waals surface area contributed by atoms with Gasteiger partial charge in [-0.3, -0.25) is 0 Å². The van der Waals surface area contributed by atoms with Crippen LogP contribution in [0, 0.1) is 0 Å². The van der Waals surface area contributed by atoms with Crippen molar-refractivity contribution in [3.63, 3.8) is 0 Å². The van der Waals surface area contributed by atoms with E-state index < -0.39 is 15.6 Å². The quantitative estimate of drug-likeness (QED) is 0.768. The first kappa shape index (κ1) is 12.3. The zero-order chi connectivity index (χ0) is 13.3. The molecule has 0 heterocycles. The van der Waals surface area contributed by atoms with Gasteiger partial charge in [0.25, 0.3) is 0 Å². The fourth-order valence-electron chi connectivity index (χ4n) is 1.49. The van der Waals surface area contributed by atoms with Gasteiger partial charge < -0.3 is 15.3 Å². The second kappa shape index (κ2) is 4.23. The Morgan fingerprint density at radius 2 is 1.33 bits per heavy atom. The lowest BCUT2D eigenvalue weighted by molar-refractivity contribution is 0.439. The van der Waals surface area contributed by atoms with Gasteiger partial charge in [-0.05, 0) is 36.4 Å². The summed E-state index contributed by atoms with van der Waals surface area (Å²) in [5, 5.41) is 27.8. The van der Waals surface area contributed by atoms with E-state index in [1.54, 1.807) is 0 Å². The molecular formula is C12H10O5S. The van der Waals surface area contributed by atoms with Gasteiger partial charge in [0.1, 0.15) is 22.1 Å². The molecular weight excluding hydrogens is 256 g/mol. The maximum absolute atomic E-state index is 12.2. The standard InChI is InChI=1S/C12H10O5S/c13-8-1-4-10(5-2-8)18(16,17)12-6-3-9(14)7-11(12)15/h1-7,13-15H. The Morgan fingerprint density at radius 3 is 1.89 bits per heavy atom. The molecule has 0 aliphatic heterocycles. The summed E-state index contributed by atoms with van der Waals surface area (Å²) in [6, 6.07) is 8.19. The number of sulfone groups is 1. The minimum Gasteiger partial charge on any atom is -0.508 e. The topological polar surface area (TPSA) is 94.8 Å². The molecule has 0 aliphatic carbocycles. The summed E-state index contributed by atoms with van der Waals surface area (Å²) in [4.78, 5) is -0.354. The number of benzene rings is 2. The number of hydrogen-bond acceptors (Lipinski definition) is 5. The molecule has 0 bridgehead atoms. The van der Waals surface area contributed by atoms with Gasteiger partial charge in [-0.2, -0.15) is 0 Å².